The lowest BCUT2D eigenvalue weighted by Gasteiger charge is -1.86. The molecule has 0 radical (unpaired) electrons. The van der Waals surface area contributed by atoms with Gasteiger partial charge in [-0.15, -0.1) is 0 Å². The van der Waals surface area contributed by atoms with E-state index in [1.807, 2.05) is 17.8 Å². The third kappa shape index (κ3) is 1.37. The van der Waals surface area contributed by atoms with Crippen LogP contribution in [0, 0.1) is 0 Å². The van der Waals surface area contributed by atoms with Crippen LogP contribution in [0.4, 0.5) is 0 Å². The molecule has 0 aromatic carbocycles. The molecule has 0 aromatic rings. The molecule has 0 aromatic heterocycles. The molecule has 0 fully saturated rings. The van der Waals surface area contributed by atoms with E-state index in [2.05, 4.69) is 16.7 Å². The summed E-state index contributed by atoms with van der Waals surface area (Å²) in [5, 5.41) is 0. The fourth-order valence-electron chi connectivity index (χ4n) is 0.681. The summed E-state index contributed by atoms with van der Waals surface area (Å²) < 4.78 is 2.26. The lowest BCUT2D eigenvalue weighted by Crippen LogP contribution is -2.08. The van der Waals surface area contributed by atoms with Crippen LogP contribution in [0.1, 0.15) is 0 Å². The van der Waals surface area contributed by atoms with Crippen molar-refractivity contribution in [3.05, 3.63) is 12.7 Å². The average molecular weight is 128 g/mol. The second-order valence-corrected chi connectivity index (χ2v) is 2.71. The van der Waals surface area contributed by atoms with Gasteiger partial charge in [-0.3, -0.25) is 0 Å². The van der Waals surface area contributed by atoms with E-state index in [0.717, 1.165) is 6.54 Å². The van der Waals surface area contributed by atoms with Gasteiger partial charge in [0, 0.05) is 0 Å². The highest BCUT2D eigenvalue weighted by molar-refractivity contribution is 8.12. The lowest BCUT2D eigenvalue weighted by atomic mass is 10.6. The molecule has 0 saturated heterocycles. The molecule has 1 rings (SSSR count). The summed E-state index contributed by atoms with van der Waals surface area (Å²) in [6.45, 7) is 5.85. The van der Waals surface area contributed by atoms with Crippen LogP contribution in [0.5, 0.6) is 0 Å². The maximum absolute atomic E-state index is 3.65. The predicted octanol–water partition coefficient (Wildman–Crippen LogP) is 0.960. The zero-order chi connectivity index (χ0) is 5.82. The van der Waals surface area contributed by atoms with E-state index in [9.17, 15) is 0 Å². The highest BCUT2D eigenvalue weighted by atomic mass is 32.2. The molecular weight excluding hydrogens is 118 g/mol. The molecular formula is C6H10NS+. The van der Waals surface area contributed by atoms with Gasteiger partial charge in [-0.1, -0.05) is 18.3 Å². The Morgan fingerprint density at radius 3 is 3.25 bits per heavy atom. The molecule has 0 N–H and O–H groups in total. The summed E-state index contributed by atoms with van der Waals surface area (Å²) in [6, 6.07) is 0. The first-order chi connectivity index (χ1) is 3.93. The van der Waals surface area contributed by atoms with Crippen LogP contribution in [0.2, 0.25) is 0 Å². The van der Waals surface area contributed by atoms with Gasteiger partial charge in [0.1, 0.15) is 0 Å². The van der Waals surface area contributed by atoms with Crippen molar-refractivity contribution in [1.29, 1.82) is 0 Å². The lowest BCUT2D eigenvalue weighted by molar-refractivity contribution is -0.502. The molecule has 1 nitrogen and oxygen atoms in total. The largest absolute Gasteiger partial charge is 0.226 e. The molecule has 0 spiro atoms. The molecule has 1 aliphatic heterocycles. The Bertz CT molecular complexity index is 118. The molecule has 1 heterocycles. The first kappa shape index (κ1) is 5.89. The minimum absolute atomic E-state index is 1.01. The fraction of sp³-hybridized carbons (Fsp3) is 0.500. The third-order valence-corrected chi connectivity index (χ3v) is 1.95. The monoisotopic (exact) mass is 128 g/mol. The number of hydrogen-bond acceptors (Lipinski definition) is 1. The predicted molar refractivity (Wildman–Crippen MR) is 38.7 cm³/mol. The van der Waals surface area contributed by atoms with Gasteiger partial charge in [-0.25, -0.2) is 4.58 Å². The Balaban J connectivity index is 2.33. The van der Waals surface area contributed by atoms with E-state index in [1.165, 1.54) is 12.3 Å². The number of hydrogen-bond donors (Lipinski definition) is 0. The van der Waals surface area contributed by atoms with Crippen LogP contribution >= 0.6 is 11.8 Å². The maximum Gasteiger partial charge on any atom is 0.198 e. The minimum Gasteiger partial charge on any atom is -0.226 e. The highest BCUT2D eigenvalue weighted by Gasteiger charge is 2.07. The molecule has 0 saturated carbocycles. The number of thioether (sulfide) groups is 1. The molecule has 2 heteroatoms. The molecule has 0 aliphatic carbocycles. The van der Waals surface area contributed by atoms with Crippen LogP contribution in [-0.4, -0.2) is 29.0 Å². The van der Waals surface area contributed by atoms with Gasteiger partial charge in [-0.05, 0) is 6.08 Å². The molecule has 0 unspecified atom stereocenters. The zero-order valence-corrected chi connectivity index (χ0v) is 5.66. The summed E-state index contributed by atoms with van der Waals surface area (Å²) in [6.07, 6.45) is 1.93. The van der Waals surface area contributed by atoms with Gasteiger partial charge >= 0.3 is 0 Å². The Morgan fingerprint density at radius 2 is 2.75 bits per heavy atom. The van der Waals surface area contributed by atoms with Gasteiger partial charge in [0.15, 0.2) is 18.6 Å². The normalized spacial score (nSPS) is 18.2. The van der Waals surface area contributed by atoms with Crippen molar-refractivity contribution in [2.24, 2.45) is 0 Å². The topological polar surface area (TPSA) is 3.01 Å². The standard InChI is InChI=1S/C6H10NS/c1-2-3-7-4-5-8-6-7/h2,6H,1,3-5H2/q+1. The molecule has 1 aliphatic rings. The summed E-state index contributed by atoms with van der Waals surface area (Å²) in [4.78, 5) is 0. The first-order valence-corrected chi connectivity index (χ1v) is 3.78. The Kier molecular flexibility index (Phi) is 2.15. The van der Waals surface area contributed by atoms with E-state index in [4.69, 9.17) is 0 Å². The summed E-state index contributed by atoms with van der Waals surface area (Å²) in [7, 11) is 0. The second-order valence-electron chi connectivity index (χ2n) is 1.76. The van der Waals surface area contributed by atoms with Crippen LogP contribution in [0.25, 0.3) is 0 Å². The van der Waals surface area contributed by atoms with Gasteiger partial charge in [-0.2, -0.15) is 0 Å². The van der Waals surface area contributed by atoms with Crippen molar-refractivity contribution in [2.45, 2.75) is 0 Å². The fourth-order valence-corrected chi connectivity index (χ4v) is 1.53. The van der Waals surface area contributed by atoms with Crippen LogP contribution in [-0.2, 0) is 0 Å². The molecule has 0 atom stereocenters. The van der Waals surface area contributed by atoms with Crippen molar-refractivity contribution in [3.8, 4) is 0 Å². The van der Waals surface area contributed by atoms with Crippen LogP contribution in [0.15, 0.2) is 12.7 Å². The summed E-state index contributed by atoms with van der Waals surface area (Å²) in [5.41, 5.74) is 2.17. The number of rotatable bonds is 2. The van der Waals surface area contributed by atoms with E-state index < -0.39 is 0 Å². The van der Waals surface area contributed by atoms with E-state index in [0.29, 0.717) is 0 Å². The third-order valence-electron chi connectivity index (χ3n) is 1.08. The van der Waals surface area contributed by atoms with E-state index in [1.54, 1.807) is 0 Å². The van der Waals surface area contributed by atoms with Gasteiger partial charge < -0.3 is 0 Å². The Labute approximate surface area is 54.1 Å². The smallest absolute Gasteiger partial charge is 0.198 e. The van der Waals surface area contributed by atoms with Crippen molar-refractivity contribution in [2.75, 3.05) is 18.8 Å². The molecule has 0 bridgehead atoms. The summed E-state index contributed by atoms with van der Waals surface area (Å²) in [5.74, 6) is 1.24. The Morgan fingerprint density at radius 1 is 1.88 bits per heavy atom. The second kappa shape index (κ2) is 2.92. The quantitative estimate of drug-likeness (QED) is 0.395. The molecule has 0 amide bonds. The van der Waals surface area contributed by atoms with Gasteiger partial charge in [0.05, 0.1) is 5.75 Å². The van der Waals surface area contributed by atoms with Gasteiger partial charge in [0.2, 0.25) is 0 Å². The van der Waals surface area contributed by atoms with Crippen molar-refractivity contribution in [3.63, 3.8) is 0 Å². The van der Waals surface area contributed by atoms with Crippen molar-refractivity contribution >= 4 is 17.3 Å². The zero-order valence-electron chi connectivity index (χ0n) is 4.84. The van der Waals surface area contributed by atoms with Crippen LogP contribution in [0.3, 0.4) is 0 Å². The highest BCUT2D eigenvalue weighted by Crippen LogP contribution is 2.01. The van der Waals surface area contributed by atoms with Gasteiger partial charge in [0.25, 0.3) is 0 Å². The van der Waals surface area contributed by atoms with E-state index in [-0.39, 0.29) is 0 Å². The van der Waals surface area contributed by atoms with Crippen LogP contribution < -0.4 is 0 Å². The molecule has 8 heavy (non-hydrogen) atoms. The SMILES string of the molecule is C=CC[N+]1=CSCC1. The maximum atomic E-state index is 3.65. The first-order valence-electron chi connectivity index (χ1n) is 2.73. The summed E-state index contributed by atoms with van der Waals surface area (Å²) >= 11 is 1.88. The van der Waals surface area contributed by atoms with Crippen molar-refractivity contribution in [1.82, 2.24) is 0 Å². The average Bonchev–Trinajstić information content (AvgIpc) is 2.19. The molecule has 44 valence electrons. The Hall–Kier alpha value is -0.240. The number of nitrogens with zero attached hydrogens (tertiary/aromatic N) is 1. The minimum atomic E-state index is 1.01. The van der Waals surface area contributed by atoms with E-state index >= 15 is 0 Å². The van der Waals surface area contributed by atoms with Crippen molar-refractivity contribution < 1.29 is 4.58 Å².